The van der Waals surface area contributed by atoms with Crippen LogP contribution in [0.25, 0.3) is 0 Å². The highest BCUT2D eigenvalue weighted by Crippen LogP contribution is 2.25. The molecular weight excluding hydrogens is 356 g/mol. The third kappa shape index (κ3) is 5.25. The fourth-order valence-corrected chi connectivity index (χ4v) is 2.62. The third-order valence-corrected chi connectivity index (χ3v) is 4.11. The molecule has 9 nitrogen and oxygen atoms in total. The minimum Gasteiger partial charge on any atom is -0.497 e. The van der Waals surface area contributed by atoms with Crippen LogP contribution in [0.4, 0.5) is 4.79 Å². The Kier molecular flexibility index (Phi) is 7.27. The van der Waals surface area contributed by atoms with Crippen molar-refractivity contribution < 1.29 is 33.3 Å². The standard InChI is InChI=1S/C18H24N2O7/c1-4-26-18(23)20-9-7-19(8-10-20)16(21)12-27-17(22)14-6-5-13(24-2)11-15(14)25-3/h5-6,11H,4,7-10,12H2,1-3H3. The zero-order valence-electron chi connectivity index (χ0n) is 15.7. The molecular formula is C18H24N2O7. The number of rotatable bonds is 6. The van der Waals surface area contributed by atoms with E-state index in [4.69, 9.17) is 18.9 Å². The highest BCUT2D eigenvalue weighted by Gasteiger charge is 2.25. The summed E-state index contributed by atoms with van der Waals surface area (Å²) in [5.41, 5.74) is 0.207. The number of nitrogens with zero attached hydrogens (tertiary/aromatic N) is 2. The van der Waals surface area contributed by atoms with Gasteiger partial charge in [-0.2, -0.15) is 0 Å². The van der Waals surface area contributed by atoms with Crippen molar-refractivity contribution in [1.82, 2.24) is 9.80 Å². The fourth-order valence-electron chi connectivity index (χ4n) is 2.62. The molecule has 0 atom stereocenters. The normalized spacial score (nSPS) is 13.7. The van der Waals surface area contributed by atoms with Crippen molar-refractivity contribution in [3.8, 4) is 11.5 Å². The van der Waals surface area contributed by atoms with Crippen molar-refractivity contribution >= 4 is 18.0 Å². The average molecular weight is 380 g/mol. The fraction of sp³-hybridized carbons (Fsp3) is 0.500. The van der Waals surface area contributed by atoms with Gasteiger partial charge in [-0.3, -0.25) is 4.79 Å². The van der Waals surface area contributed by atoms with Gasteiger partial charge in [-0.15, -0.1) is 0 Å². The van der Waals surface area contributed by atoms with Crippen LogP contribution in [-0.4, -0.2) is 81.4 Å². The Bertz CT molecular complexity index is 684. The van der Waals surface area contributed by atoms with Gasteiger partial charge in [-0.25, -0.2) is 9.59 Å². The minimum atomic E-state index is -0.659. The van der Waals surface area contributed by atoms with Gasteiger partial charge in [0, 0.05) is 32.2 Å². The molecule has 148 valence electrons. The van der Waals surface area contributed by atoms with Crippen LogP contribution in [0.2, 0.25) is 0 Å². The Morgan fingerprint density at radius 1 is 0.963 bits per heavy atom. The molecule has 1 aliphatic rings. The van der Waals surface area contributed by atoms with Gasteiger partial charge in [0.15, 0.2) is 6.61 Å². The first-order chi connectivity index (χ1) is 13.0. The maximum absolute atomic E-state index is 12.3. The molecule has 1 aromatic rings. The number of piperazine rings is 1. The van der Waals surface area contributed by atoms with E-state index < -0.39 is 5.97 Å². The monoisotopic (exact) mass is 380 g/mol. The zero-order chi connectivity index (χ0) is 19.8. The van der Waals surface area contributed by atoms with Crippen LogP contribution in [0.3, 0.4) is 0 Å². The third-order valence-electron chi connectivity index (χ3n) is 4.11. The lowest BCUT2D eigenvalue weighted by molar-refractivity contribution is -0.136. The zero-order valence-corrected chi connectivity index (χ0v) is 15.7. The highest BCUT2D eigenvalue weighted by atomic mass is 16.6. The van der Waals surface area contributed by atoms with Crippen LogP contribution < -0.4 is 9.47 Å². The molecule has 1 heterocycles. The highest BCUT2D eigenvalue weighted by molar-refractivity contribution is 5.94. The average Bonchev–Trinajstić information content (AvgIpc) is 2.71. The lowest BCUT2D eigenvalue weighted by Gasteiger charge is -2.33. The molecule has 1 saturated heterocycles. The van der Waals surface area contributed by atoms with Crippen molar-refractivity contribution in [2.75, 3.05) is 53.6 Å². The molecule has 0 saturated carbocycles. The Labute approximate surface area is 157 Å². The van der Waals surface area contributed by atoms with Crippen molar-refractivity contribution in [2.45, 2.75) is 6.92 Å². The number of methoxy groups -OCH3 is 2. The van der Waals surface area contributed by atoms with E-state index >= 15 is 0 Å². The van der Waals surface area contributed by atoms with Crippen LogP contribution in [0.1, 0.15) is 17.3 Å². The van der Waals surface area contributed by atoms with Crippen molar-refractivity contribution in [3.05, 3.63) is 23.8 Å². The minimum absolute atomic E-state index is 0.207. The summed E-state index contributed by atoms with van der Waals surface area (Å²) in [5.74, 6) is -0.138. The Hall–Kier alpha value is -2.97. The number of carbonyl (C=O) groups is 3. The molecule has 0 bridgehead atoms. The molecule has 0 aliphatic carbocycles. The first kappa shape index (κ1) is 20.3. The van der Waals surface area contributed by atoms with Gasteiger partial charge in [-0.1, -0.05) is 0 Å². The first-order valence-corrected chi connectivity index (χ1v) is 8.58. The van der Waals surface area contributed by atoms with Crippen LogP contribution >= 0.6 is 0 Å². The lowest BCUT2D eigenvalue weighted by Crippen LogP contribution is -2.51. The summed E-state index contributed by atoms with van der Waals surface area (Å²) < 4.78 is 20.3. The lowest BCUT2D eigenvalue weighted by atomic mass is 10.2. The van der Waals surface area contributed by atoms with Crippen molar-refractivity contribution in [2.24, 2.45) is 0 Å². The van der Waals surface area contributed by atoms with E-state index in [-0.39, 0.29) is 24.2 Å². The Balaban J connectivity index is 1.85. The molecule has 0 aromatic heterocycles. The summed E-state index contributed by atoms with van der Waals surface area (Å²) in [4.78, 5) is 39.3. The summed E-state index contributed by atoms with van der Waals surface area (Å²) in [7, 11) is 2.94. The SMILES string of the molecule is CCOC(=O)N1CCN(C(=O)COC(=O)c2ccc(OC)cc2OC)CC1. The van der Waals surface area contributed by atoms with Crippen LogP contribution in [0.5, 0.6) is 11.5 Å². The van der Waals surface area contributed by atoms with Gasteiger partial charge in [-0.05, 0) is 19.1 Å². The number of hydrogen-bond donors (Lipinski definition) is 0. The molecule has 27 heavy (non-hydrogen) atoms. The van der Waals surface area contributed by atoms with E-state index in [1.807, 2.05) is 0 Å². The molecule has 0 radical (unpaired) electrons. The van der Waals surface area contributed by atoms with Gasteiger partial charge < -0.3 is 28.7 Å². The summed E-state index contributed by atoms with van der Waals surface area (Å²) in [6.07, 6.45) is -0.386. The molecule has 0 N–H and O–H groups in total. The first-order valence-electron chi connectivity index (χ1n) is 8.58. The van der Waals surface area contributed by atoms with Crippen LogP contribution in [-0.2, 0) is 14.3 Å². The largest absolute Gasteiger partial charge is 0.497 e. The number of hydrogen-bond acceptors (Lipinski definition) is 7. The second-order valence-corrected chi connectivity index (χ2v) is 5.71. The van der Waals surface area contributed by atoms with E-state index in [1.165, 1.54) is 20.3 Å². The van der Waals surface area contributed by atoms with Gasteiger partial charge in [0.2, 0.25) is 0 Å². The van der Waals surface area contributed by atoms with E-state index in [1.54, 1.807) is 28.9 Å². The van der Waals surface area contributed by atoms with E-state index in [0.717, 1.165) is 0 Å². The van der Waals surface area contributed by atoms with Crippen molar-refractivity contribution in [3.63, 3.8) is 0 Å². The quantitative estimate of drug-likeness (QED) is 0.684. The van der Waals surface area contributed by atoms with Crippen LogP contribution in [0, 0.1) is 0 Å². The predicted octanol–water partition coefficient (Wildman–Crippen LogP) is 1.16. The summed E-state index contributed by atoms with van der Waals surface area (Å²) >= 11 is 0. The number of amides is 2. The maximum Gasteiger partial charge on any atom is 0.409 e. The topological polar surface area (TPSA) is 94.6 Å². The van der Waals surface area contributed by atoms with Crippen LogP contribution in [0.15, 0.2) is 18.2 Å². The predicted molar refractivity (Wildman–Crippen MR) is 95.0 cm³/mol. The maximum atomic E-state index is 12.3. The molecule has 0 spiro atoms. The number of ether oxygens (including phenoxy) is 4. The Morgan fingerprint density at radius 3 is 2.22 bits per heavy atom. The molecule has 1 aliphatic heterocycles. The second-order valence-electron chi connectivity index (χ2n) is 5.71. The number of benzene rings is 1. The van der Waals surface area contributed by atoms with E-state index in [9.17, 15) is 14.4 Å². The smallest absolute Gasteiger partial charge is 0.409 e. The van der Waals surface area contributed by atoms with Gasteiger partial charge >= 0.3 is 12.1 Å². The number of carbonyl (C=O) groups excluding carboxylic acids is 3. The number of esters is 1. The second kappa shape index (κ2) is 9.65. The summed E-state index contributed by atoms with van der Waals surface area (Å²) in [6, 6.07) is 4.69. The summed E-state index contributed by atoms with van der Waals surface area (Å²) in [6.45, 7) is 3.15. The molecule has 0 unspecified atom stereocenters. The molecule has 1 aromatic carbocycles. The molecule has 2 rings (SSSR count). The van der Waals surface area contributed by atoms with Gasteiger partial charge in [0.25, 0.3) is 5.91 Å². The molecule has 2 amide bonds. The van der Waals surface area contributed by atoms with Gasteiger partial charge in [0.05, 0.1) is 20.8 Å². The Morgan fingerprint density at radius 2 is 1.63 bits per heavy atom. The van der Waals surface area contributed by atoms with Crippen molar-refractivity contribution in [1.29, 1.82) is 0 Å². The van der Waals surface area contributed by atoms with E-state index in [0.29, 0.717) is 44.3 Å². The molecule has 9 heteroatoms. The molecule has 1 fully saturated rings. The van der Waals surface area contributed by atoms with E-state index in [2.05, 4.69) is 0 Å². The van der Waals surface area contributed by atoms with Gasteiger partial charge in [0.1, 0.15) is 17.1 Å². The summed E-state index contributed by atoms with van der Waals surface area (Å²) in [5, 5.41) is 0.